The Morgan fingerprint density at radius 2 is 1.91 bits per heavy atom. The minimum atomic E-state index is -0.354. The van der Waals surface area contributed by atoms with E-state index in [1.54, 1.807) is 16.8 Å². The van der Waals surface area contributed by atoms with Crippen LogP contribution in [0.1, 0.15) is 62.8 Å². The summed E-state index contributed by atoms with van der Waals surface area (Å²) in [6, 6.07) is 11.3. The van der Waals surface area contributed by atoms with Gasteiger partial charge in [0.2, 0.25) is 5.88 Å². The molecule has 0 spiro atoms. The number of amides is 1. The molecule has 0 saturated heterocycles. The lowest BCUT2D eigenvalue weighted by molar-refractivity contribution is -0.129. The van der Waals surface area contributed by atoms with E-state index in [0.717, 1.165) is 43.4 Å². The van der Waals surface area contributed by atoms with Gasteiger partial charge in [0.1, 0.15) is 23.1 Å². The molecule has 2 aromatic heterocycles. The molecule has 8 heteroatoms. The van der Waals surface area contributed by atoms with Crippen molar-refractivity contribution in [1.82, 2.24) is 14.9 Å². The minimum absolute atomic E-state index is 0.114. The van der Waals surface area contributed by atoms with Gasteiger partial charge in [-0.05, 0) is 50.0 Å². The van der Waals surface area contributed by atoms with Crippen molar-refractivity contribution in [3.63, 3.8) is 0 Å². The third-order valence-electron chi connectivity index (χ3n) is 7.88. The quantitative estimate of drug-likeness (QED) is 0.525. The number of anilines is 2. The summed E-state index contributed by atoms with van der Waals surface area (Å²) in [5, 5.41) is 21.2. The van der Waals surface area contributed by atoms with Crippen LogP contribution in [-0.2, 0) is 15.7 Å². The summed E-state index contributed by atoms with van der Waals surface area (Å²) in [4.78, 5) is 12.8. The summed E-state index contributed by atoms with van der Waals surface area (Å²) in [7, 11) is 0. The third-order valence-corrected chi connectivity index (χ3v) is 7.88. The largest absolute Gasteiger partial charge is 0.383 e. The van der Waals surface area contributed by atoms with Crippen molar-refractivity contribution in [2.24, 2.45) is 5.41 Å². The van der Waals surface area contributed by atoms with Crippen LogP contribution in [0.3, 0.4) is 0 Å². The van der Waals surface area contributed by atoms with E-state index >= 15 is 0 Å². The predicted molar refractivity (Wildman–Crippen MR) is 127 cm³/mol. The Kier molecular flexibility index (Phi) is 4.02. The number of nitrogens with two attached hydrogens (primary N) is 1. The summed E-state index contributed by atoms with van der Waals surface area (Å²) in [5.41, 5.74) is 10.3. The van der Waals surface area contributed by atoms with Gasteiger partial charge in [0.15, 0.2) is 0 Å². The normalized spacial score (nSPS) is 25.6. The number of nitrogens with one attached hydrogen (secondary N) is 1. The first-order valence-electron chi connectivity index (χ1n) is 11.5. The van der Waals surface area contributed by atoms with Crippen LogP contribution in [0, 0.1) is 16.7 Å². The molecule has 2 bridgehead atoms. The molecule has 3 N–H and O–H groups in total. The van der Waals surface area contributed by atoms with Crippen molar-refractivity contribution >= 4 is 23.2 Å². The molecule has 0 atom stereocenters. The van der Waals surface area contributed by atoms with Gasteiger partial charge in [0, 0.05) is 22.6 Å². The summed E-state index contributed by atoms with van der Waals surface area (Å²) >= 11 is 0. The highest BCUT2D eigenvalue weighted by Crippen LogP contribution is 2.73. The second kappa shape index (κ2) is 6.60. The molecule has 1 amide bonds. The zero-order chi connectivity index (χ0) is 23.9. The Bertz CT molecular complexity index is 1380. The van der Waals surface area contributed by atoms with Gasteiger partial charge in [-0.15, -0.1) is 0 Å². The number of rotatable bonds is 6. The molecule has 1 aromatic carbocycles. The van der Waals surface area contributed by atoms with Crippen LogP contribution >= 0.6 is 0 Å². The molecule has 4 aliphatic carbocycles. The fourth-order valence-electron chi connectivity index (χ4n) is 5.85. The molecule has 4 saturated carbocycles. The summed E-state index contributed by atoms with van der Waals surface area (Å²) in [6.07, 6.45) is 5.38. The summed E-state index contributed by atoms with van der Waals surface area (Å²) in [6.45, 7) is 8.33. The lowest BCUT2D eigenvalue weighted by atomic mass is 9.35. The van der Waals surface area contributed by atoms with Crippen molar-refractivity contribution in [3.05, 3.63) is 53.7 Å². The second-order valence-electron chi connectivity index (χ2n) is 10.8. The molecule has 172 valence electrons. The van der Waals surface area contributed by atoms with E-state index in [1.807, 2.05) is 18.2 Å². The highest BCUT2D eigenvalue weighted by Gasteiger charge is 2.66. The van der Waals surface area contributed by atoms with Crippen molar-refractivity contribution in [2.75, 3.05) is 11.1 Å². The molecule has 4 aliphatic rings. The van der Waals surface area contributed by atoms with Gasteiger partial charge in [-0.25, -0.2) is 4.68 Å². The number of carbonyl (C=O) groups excluding carboxylic acids is 1. The average molecular weight is 455 g/mol. The maximum atomic E-state index is 12.8. The zero-order valence-corrected chi connectivity index (χ0v) is 19.3. The van der Waals surface area contributed by atoms with Crippen LogP contribution in [0.25, 0.3) is 16.8 Å². The smallest absolute Gasteiger partial charge is 0.258 e. The maximum absolute atomic E-state index is 12.8. The molecule has 7 rings (SSSR count). The van der Waals surface area contributed by atoms with Gasteiger partial charge in [-0.1, -0.05) is 42.9 Å². The van der Waals surface area contributed by atoms with Crippen molar-refractivity contribution in [2.45, 2.75) is 56.9 Å². The lowest BCUT2D eigenvalue weighted by Gasteiger charge is -2.68. The Morgan fingerprint density at radius 1 is 1.24 bits per heavy atom. The number of nitrogen functional groups attached to an aromatic ring is 1. The molecule has 34 heavy (non-hydrogen) atoms. The number of nitrogens with zero attached hydrogens (tertiary/aromatic N) is 4. The van der Waals surface area contributed by atoms with E-state index in [0.29, 0.717) is 39.5 Å². The zero-order valence-electron chi connectivity index (χ0n) is 19.3. The lowest BCUT2D eigenvalue weighted by Crippen LogP contribution is -2.62. The number of hydrogen-bond acceptors (Lipinski definition) is 6. The van der Waals surface area contributed by atoms with Crippen LogP contribution in [-0.4, -0.2) is 20.8 Å². The highest BCUT2D eigenvalue weighted by molar-refractivity contribution is 6.24. The van der Waals surface area contributed by atoms with Gasteiger partial charge >= 0.3 is 0 Å². The van der Waals surface area contributed by atoms with Gasteiger partial charge in [-0.2, -0.15) is 10.4 Å². The minimum Gasteiger partial charge on any atom is -0.383 e. The topological polar surface area (TPSA) is 123 Å². The monoisotopic (exact) mass is 454 g/mol. The van der Waals surface area contributed by atoms with Gasteiger partial charge in [0.25, 0.3) is 5.91 Å². The summed E-state index contributed by atoms with van der Waals surface area (Å²) < 4.78 is 7.14. The maximum Gasteiger partial charge on any atom is 0.258 e. The number of nitriles is 1. The number of carbonyl (C=O) groups is 1. The average Bonchev–Trinajstić information content (AvgIpc) is 3.20. The summed E-state index contributed by atoms with van der Waals surface area (Å²) in [5.74, 6) is 0.374. The molecular formula is C26H26N6O2. The van der Waals surface area contributed by atoms with Crippen LogP contribution in [0.5, 0.6) is 0 Å². The van der Waals surface area contributed by atoms with Gasteiger partial charge in [-0.3, -0.25) is 10.1 Å². The number of benzene rings is 1. The van der Waals surface area contributed by atoms with Gasteiger partial charge in [0.05, 0.1) is 11.2 Å². The van der Waals surface area contributed by atoms with E-state index in [1.165, 1.54) is 0 Å². The molecule has 0 radical (unpaired) electrons. The Balaban J connectivity index is 1.17. The number of hydrogen-bond donors (Lipinski definition) is 2. The van der Waals surface area contributed by atoms with Crippen molar-refractivity contribution in [3.8, 4) is 17.3 Å². The van der Waals surface area contributed by atoms with E-state index in [4.69, 9.17) is 10.3 Å². The third kappa shape index (κ3) is 2.93. The molecule has 3 aromatic rings. The van der Waals surface area contributed by atoms with Gasteiger partial charge < -0.3 is 10.3 Å². The van der Waals surface area contributed by atoms with Crippen LogP contribution < -0.4 is 11.1 Å². The fraction of sp³-hybridized carbons (Fsp3) is 0.385. The molecule has 8 nitrogen and oxygen atoms in total. The first-order valence-corrected chi connectivity index (χ1v) is 11.5. The van der Waals surface area contributed by atoms with Crippen molar-refractivity contribution < 1.29 is 9.32 Å². The molecule has 0 unspecified atom stereocenters. The fourth-order valence-corrected chi connectivity index (χ4v) is 5.85. The van der Waals surface area contributed by atoms with Crippen molar-refractivity contribution in [1.29, 1.82) is 5.26 Å². The van der Waals surface area contributed by atoms with E-state index in [-0.39, 0.29) is 16.9 Å². The van der Waals surface area contributed by atoms with E-state index in [9.17, 15) is 10.1 Å². The Morgan fingerprint density at radius 3 is 2.50 bits per heavy atom. The Labute approximate surface area is 197 Å². The molecule has 2 heterocycles. The second-order valence-corrected chi connectivity index (χ2v) is 10.8. The standard InChI is InChI=1S/C26H26N6O2/c1-15(23(33)29-20-10-19(31-34-20)26-12-24(2,13-26)14-26)16-4-6-17(7-5-16)21-18(11-27)22(28)32(30-21)25(3)8-9-25/h4-7,10H,1,8-9,12-14,28H2,2-3H3,(H,29,33). The first-order chi connectivity index (χ1) is 16.2. The predicted octanol–water partition coefficient (Wildman–Crippen LogP) is 4.59. The highest BCUT2D eigenvalue weighted by atomic mass is 16.5. The Hall–Kier alpha value is -3.86. The molecular weight excluding hydrogens is 428 g/mol. The molecule has 4 fully saturated rings. The first kappa shape index (κ1) is 20.7. The van der Waals surface area contributed by atoms with E-state index < -0.39 is 0 Å². The molecule has 0 aliphatic heterocycles. The SMILES string of the molecule is C=C(C(=O)Nc1cc(C23CC(C)(C2)C3)no1)c1ccc(-c2nn(C3(C)CC3)c(N)c2C#N)cc1. The van der Waals surface area contributed by atoms with Crippen LogP contribution in [0.2, 0.25) is 0 Å². The van der Waals surface area contributed by atoms with Crippen LogP contribution in [0.4, 0.5) is 11.7 Å². The van der Waals surface area contributed by atoms with Crippen LogP contribution in [0.15, 0.2) is 41.4 Å². The number of aromatic nitrogens is 3. The van der Waals surface area contributed by atoms with E-state index in [2.05, 4.69) is 42.1 Å².